The zero-order valence-electron chi connectivity index (χ0n) is 17.2. The Balaban J connectivity index is 1.52. The second-order valence-electron chi connectivity index (χ2n) is 7.40. The van der Waals surface area contributed by atoms with E-state index in [1.165, 1.54) is 12.1 Å². The molecule has 0 spiro atoms. The van der Waals surface area contributed by atoms with Crippen LogP contribution in [0.15, 0.2) is 48.5 Å². The Hall–Kier alpha value is -2.74. The fraction of sp³-hybridized carbons (Fsp3) is 0.409. The molecule has 30 heavy (non-hydrogen) atoms. The molecule has 1 fully saturated rings. The van der Waals surface area contributed by atoms with Gasteiger partial charge in [-0.05, 0) is 62.0 Å². The lowest BCUT2D eigenvalue weighted by Gasteiger charge is -2.35. The topological polar surface area (TPSA) is 47.6 Å². The van der Waals surface area contributed by atoms with Gasteiger partial charge in [0.05, 0.1) is 5.56 Å². The van der Waals surface area contributed by atoms with Crippen molar-refractivity contribution in [2.24, 2.45) is 0 Å². The molecule has 162 valence electrons. The van der Waals surface area contributed by atoms with E-state index in [1.54, 1.807) is 6.92 Å². The molecule has 3 rings (SSSR count). The Morgan fingerprint density at radius 2 is 1.53 bits per heavy atom. The van der Waals surface area contributed by atoms with E-state index < -0.39 is 17.8 Å². The average molecular weight is 420 g/mol. The summed E-state index contributed by atoms with van der Waals surface area (Å²) in [5, 5.41) is 5.76. The van der Waals surface area contributed by atoms with E-state index in [0.717, 1.165) is 56.2 Å². The van der Waals surface area contributed by atoms with Crippen molar-refractivity contribution in [1.29, 1.82) is 0 Å². The molecule has 1 atom stereocenters. The third-order valence-electron chi connectivity index (χ3n) is 5.31. The van der Waals surface area contributed by atoms with E-state index in [1.807, 2.05) is 24.3 Å². The van der Waals surface area contributed by atoms with Crippen LogP contribution in [-0.2, 0) is 11.0 Å². The number of nitrogens with one attached hydrogen (secondary N) is 2. The summed E-state index contributed by atoms with van der Waals surface area (Å²) < 4.78 is 37.9. The molecule has 0 radical (unpaired) electrons. The molecule has 5 nitrogen and oxygen atoms in total. The molecular weight excluding hydrogens is 393 g/mol. The highest BCUT2D eigenvalue weighted by Crippen LogP contribution is 2.29. The van der Waals surface area contributed by atoms with Crippen LogP contribution in [0.25, 0.3) is 0 Å². The van der Waals surface area contributed by atoms with Gasteiger partial charge in [0, 0.05) is 43.2 Å². The number of nitrogens with zero attached hydrogens (tertiary/aromatic N) is 2. The molecule has 1 saturated heterocycles. The first kappa shape index (κ1) is 22.0. The molecule has 2 aromatic rings. The molecule has 0 unspecified atom stereocenters. The van der Waals surface area contributed by atoms with Gasteiger partial charge in [-0.2, -0.15) is 13.2 Å². The largest absolute Gasteiger partial charge is 0.416 e. The van der Waals surface area contributed by atoms with Gasteiger partial charge >= 0.3 is 6.18 Å². The van der Waals surface area contributed by atoms with Crippen molar-refractivity contribution >= 4 is 23.0 Å². The van der Waals surface area contributed by atoms with Gasteiger partial charge in [-0.1, -0.05) is 6.92 Å². The number of benzene rings is 2. The van der Waals surface area contributed by atoms with E-state index in [4.69, 9.17) is 0 Å². The maximum absolute atomic E-state index is 12.6. The van der Waals surface area contributed by atoms with Crippen LogP contribution in [0.5, 0.6) is 0 Å². The zero-order valence-corrected chi connectivity index (χ0v) is 17.2. The van der Waals surface area contributed by atoms with Crippen molar-refractivity contribution < 1.29 is 18.0 Å². The van der Waals surface area contributed by atoms with Gasteiger partial charge in [0.15, 0.2) is 0 Å². The quantitative estimate of drug-likeness (QED) is 0.732. The lowest BCUT2D eigenvalue weighted by atomic mass is 10.2. The average Bonchev–Trinajstić information content (AvgIpc) is 2.74. The first-order valence-corrected chi connectivity index (χ1v) is 10.1. The SMILES string of the molecule is CCN1CCN(c2ccc(N[C@@H](C)C(=O)Nc3ccc(C(F)(F)F)cc3)cc2)CC1. The predicted molar refractivity (Wildman–Crippen MR) is 114 cm³/mol. The summed E-state index contributed by atoms with van der Waals surface area (Å²) >= 11 is 0. The smallest absolute Gasteiger partial charge is 0.374 e. The Kier molecular flexibility index (Phi) is 6.87. The Morgan fingerprint density at radius 3 is 2.07 bits per heavy atom. The summed E-state index contributed by atoms with van der Waals surface area (Å²) in [6, 6.07) is 11.8. The first-order valence-electron chi connectivity index (χ1n) is 10.1. The lowest BCUT2D eigenvalue weighted by molar-refractivity contribution is -0.137. The van der Waals surface area contributed by atoms with Crippen molar-refractivity contribution in [3.05, 3.63) is 54.1 Å². The molecule has 1 aliphatic heterocycles. The van der Waals surface area contributed by atoms with E-state index in [0.29, 0.717) is 5.69 Å². The predicted octanol–water partition coefficient (Wildman–Crippen LogP) is 4.29. The number of piperazine rings is 1. The van der Waals surface area contributed by atoms with Gasteiger partial charge in [-0.25, -0.2) is 0 Å². The number of halogens is 3. The standard InChI is InChI=1S/C22H27F3N4O/c1-3-28-12-14-29(15-13-28)20-10-8-18(9-11-20)26-16(2)21(30)27-19-6-4-17(5-7-19)22(23,24)25/h4-11,16,26H,3,12-15H2,1-2H3,(H,27,30)/t16-/m0/s1. The second-order valence-corrected chi connectivity index (χ2v) is 7.40. The van der Waals surface area contributed by atoms with Crippen molar-refractivity contribution in [2.75, 3.05) is 48.3 Å². The van der Waals surface area contributed by atoms with E-state index in [9.17, 15) is 18.0 Å². The normalized spacial score (nSPS) is 16.2. The summed E-state index contributed by atoms with van der Waals surface area (Å²) in [6.45, 7) is 9.04. The number of alkyl halides is 3. The fourth-order valence-electron chi connectivity index (χ4n) is 3.40. The number of carbonyl (C=O) groups is 1. The number of hydrogen-bond donors (Lipinski definition) is 2. The van der Waals surface area contributed by atoms with Crippen molar-refractivity contribution in [2.45, 2.75) is 26.1 Å². The van der Waals surface area contributed by atoms with Gasteiger partial charge in [0.1, 0.15) is 6.04 Å². The van der Waals surface area contributed by atoms with Crippen LogP contribution in [0, 0.1) is 0 Å². The van der Waals surface area contributed by atoms with Crippen LogP contribution in [0.2, 0.25) is 0 Å². The maximum atomic E-state index is 12.6. The lowest BCUT2D eigenvalue weighted by Crippen LogP contribution is -2.46. The highest BCUT2D eigenvalue weighted by Gasteiger charge is 2.30. The van der Waals surface area contributed by atoms with Crippen LogP contribution in [0.1, 0.15) is 19.4 Å². The van der Waals surface area contributed by atoms with Crippen LogP contribution < -0.4 is 15.5 Å². The number of amides is 1. The number of carbonyl (C=O) groups excluding carboxylic acids is 1. The van der Waals surface area contributed by atoms with E-state index in [-0.39, 0.29) is 5.91 Å². The van der Waals surface area contributed by atoms with Gasteiger partial charge in [0.2, 0.25) is 5.91 Å². The molecule has 1 amide bonds. The maximum Gasteiger partial charge on any atom is 0.416 e. The molecule has 0 bridgehead atoms. The second kappa shape index (κ2) is 9.38. The summed E-state index contributed by atoms with van der Waals surface area (Å²) in [7, 11) is 0. The monoisotopic (exact) mass is 420 g/mol. The summed E-state index contributed by atoms with van der Waals surface area (Å²) in [5.41, 5.74) is 1.53. The van der Waals surface area contributed by atoms with Crippen molar-refractivity contribution in [1.82, 2.24) is 4.90 Å². The van der Waals surface area contributed by atoms with Crippen LogP contribution in [0.3, 0.4) is 0 Å². The summed E-state index contributed by atoms with van der Waals surface area (Å²) in [4.78, 5) is 17.1. The molecule has 2 aromatic carbocycles. The molecule has 0 aromatic heterocycles. The molecule has 1 aliphatic rings. The third kappa shape index (κ3) is 5.66. The van der Waals surface area contributed by atoms with Gasteiger partial charge < -0.3 is 20.4 Å². The first-order chi connectivity index (χ1) is 14.3. The molecule has 8 heteroatoms. The minimum absolute atomic E-state index is 0.322. The van der Waals surface area contributed by atoms with Crippen molar-refractivity contribution in [3.63, 3.8) is 0 Å². The molecule has 0 saturated carbocycles. The summed E-state index contributed by atoms with van der Waals surface area (Å²) in [5.74, 6) is -0.325. The number of rotatable bonds is 6. The molecule has 2 N–H and O–H groups in total. The summed E-state index contributed by atoms with van der Waals surface area (Å²) in [6.07, 6.45) is -4.40. The van der Waals surface area contributed by atoms with Gasteiger partial charge in [-0.15, -0.1) is 0 Å². The number of likely N-dealkylation sites (N-methyl/N-ethyl adjacent to an activating group) is 1. The number of anilines is 3. The van der Waals surface area contributed by atoms with Crippen LogP contribution in [0.4, 0.5) is 30.2 Å². The Morgan fingerprint density at radius 1 is 0.967 bits per heavy atom. The number of hydrogen-bond acceptors (Lipinski definition) is 4. The third-order valence-corrected chi connectivity index (χ3v) is 5.31. The highest BCUT2D eigenvalue weighted by molar-refractivity contribution is 5.96. The van der Waals surface area contributed by atoms with E-state index in [2.05, 4.69) is 27.4 Å². The van der Waals surface area contributed by atoms with E-state index >= 15 is 0 Å². The Labute approximate surface area is 174 Å². The minimum Gasteiger partial charge on any atom is -0.374 e. The zero-order chi connectivity index (χ0) is 21.7. The minimum atomic E-state index is -4.40. The van der Waals surface area contributed by atoms with Gasteiger partial charge in [0.25, 0.3) is 0 Å². The molecule has 1 heterocycles. The highest BCUT2D eigenvalue weighted by atomic mass is 19.4. The van der Waals surface area contributed by atoms with Crippen LogP contribution in [-0.4, -0.2) is 49.6 Å². The fourth-order valence-corrected chi connectivity index (χ4v) is 3.40. The Bertz CT molecular complexity index is 829. The molecular formula is C22H27F3N4O. The van der Waals surface area contributed by atoms with Crippen molar-refractivity contribution in [3.8, 4) is 0 Å². The van der Waals surface area contributed by atoms with Gasteiger partial charge in [-0.3, -0.25) is 4.79 Å². The molecule has 0 aliphatic carbocycles. The van der Waals surface area contributed by atoms with Crippen LogP contribution >= 0.6 is 0 Å².